The van der Waals surface area contributed by atoms with Crippen molar-refractivity contribution in [2.45, 2.75) is 39.5 Å². The molecule has 4 amide bonds. The van der Waals surface area contributed by atoms with E-state index in [0.717, 1.165) is 31.4 Å². The van der Waals surface area contributed by atoms with Crippen LogP contribution in [0.4, 0.5) is 4.79 Å². The fourth-order valence-electron chi connectivity index (χ4n) is 6.07. The van der Waals surface area contributed by atoms with Crippen LogP contribution in [-0.4, -0.2) is 90.8 Å². The lowest BCUT2D eigenvalue weighted by Crippen LogP contribution is -2.53. The number of aryl methyl sites for hydroxylation is 1. The Morgan fingerprint density at radius 1 is 0.969 bits per heavy atom. The summed E-state index contributed by atoms with van der Waals surface area (Å²) in [5.74, 6) is 0.346. The molecule has 2 spiro atoms. The van der Waals surface area contributed by atoms with Crippen molar-refractivity contribution in [3.8, 4) is 0 Å². The van der Waals surface area contributed by atoms with E-state index in [4.69, 9.17) is 0 Å². The maximum atomic E-state index is 13.5. The van der Waals surface area contributed by atoms with Gasteiger partial charge in [-0.05, 0) is 38.7 Å². The highest BCUT2D eigenvalue weighted by atomic mass is 16.2. The molecule has 0 aromatic heterocycles. The fraction of sp³-hybridized carbons (Fsp3) is 0.640. The first kappa shape index (κ1) is 22.6. The molecule has 0 N–H and O–H groups in total. The normalized spacial score (nSPS) is 24.6. The number of hydrogen-bond donors (Lipinski definition) is 0. The highest BCUT2D eigenvalue weighted by Crippen LogP contribution is 2.58. The van der Waals surface area contributed by atoms with Gasteiger partial charge in [0.2, 0.25) is 11.8 Å². The third-order valence-electron chi connectivity index (χ3n) is 8.06. The Morgan fingerprint density at radius 2 is 1.62 bits per heavy atom. The standard InChI is InChI=1S/C25H36N4O3/c1-5-27-15-12-25(22(27)31)18-29(23(32)26(3)4)17-24(25)10-13-28(14-11-24)21(30)16-20-8-6-19(2)7-9-20/h6-9H,5,10-18H2,1-4H3/t25-/m1/s1. The second-order valence-corrected chi connectivity index (χ2v) is 10.1. The van der Waals surface area contributed by atoms with Gasteiger partial charge < -0.3 is 19.6 Å². The number of carbonyl (C=O) groups is 3. The van der Waals surface area contributed by atoms with Crippen LogP contribution in [0.5, 0.6) is 0 Å². The van der Waals surface area contributed by atoms with E-state index in [1.165, 1.54) is 5.56 Å². The van der Waals surface area contributed by atoms with Crippen molar-refractivity contribution in [1.82, 2.24) is 19.6 Å². The minimum Gasteiger partial charge on any atom is -0.342 e. The molecular formula is C25H36N4O3. The van der Waals surface area contributed by atoms with Gasteiger partial charge in [-0.25, -0.2) is 4.79 Å². The van der Waals surface area contributed by atoms with Gasteiger partial charge in [0.1, 0.15) is 0 Å². The van der Waals surface area contributed by atoms with Crippen LogP contribution in [-0.2, 0) is 16.0 Å². The first-order valence-electron chi connectivity index (χ1n) is 11.8. The van der Waals surface area contributed by atoms with Gasteiger partial charge in [-0.15, -0.1) is 0 Å². The quantitative estimate of drug-likeness (QED) is 0.725. The SMILES string of the molecule is CCN1CC[C@@]2(CN(C(=O)N(C)C)CC23CCN(C(=O)Cc2ccc(C)cc2)CC3)C1=O. The number of likely N-dealkylation sites (tertiary alicyclic amines) is 3. The number of fused-ring (bicyclic) bond motifs is 1. The lowest BCUT2D eigenvalue weighted by Gasteiger charge is -2.46. The number of amides is 4. The Hall–Kier alpha value is -2.57. The first-order chi connectivity index (χ1) is 15.2. The van der Waals surface area contributed by atoms with Gasteiger partial charge in [0.05, 0.1) is 11.8 Å². The van der Waals surface area contributed by atoms with E-state index in [9.17, 15) is 14.4 Å². The van der Waals surface area contributed by atoms with Crippen LogP contribution in [0, 0.1) is 17.8 Å². The smallest absolute Gasteiger partial charge is 0.319 e. The Balaban J connectivity index is 1.51. The average molecular weight is 441 g/mol. The number of carbonyl (C=O) groups excluding carboxylic acids is 3. The monoisotopic (exact) mass is 440 g/mol. The zero-order valence-electron chi connectivity index (χ0n) is 19.9. The molecule has 4 rings (SSSR count). The molecule has 3 fully saturated rings. The lowest BCUT2D eigenvalue weighted by atomic mass is 9.60. The average Bonchev–Trinajstić information content (AvgIpc) is 3.27. The molecule has 7 nitrogen and oxygen atoms in total. The first-order valence-corrected chi connectivity index (χ1v) is 11.8. The van der Waals surface area contributed by atoms with Crippen LogP contribution in [0.1, 0.15) is 37.3 Å². The molecule has 0 aliphatic carbocycles. The van der Waals surface area contributed by atoms with Crippen LogP contribution >= 0.6 is 0 Å². The van der Waals surface area contributed by atoms with Gasteiger partial charge in [0, 0.05) is 58.8 Å². The second kappa shape index (κ2) is 8.41. The van der Waals surface area contributed by atoms with E-state index in [0.29, 0.717) is 39.1 Å². The van der Waals surface area contributed by atoms with Crippen molar-refractivity contribution in [3.63, 3.8) is 0 Å². The summed E-state index contributed by atoms with van der Waals surface area (Å²) in [5.41, 5.74) is 1.46. The van der Waals surface area contributed by atoms with Gasteiger partial charge in [-0.2, -0.15) is 0 Å². The van der Waals surface area contributed by atoms with E-state index in [-0.39, 0.29) is 23.3 Å². The number of piperidine rings is 1. The van der Waals surface area contributed by atoms with E-state index < -0.39 is 5.41 Å². The summed E-state index contributed by atoms with van der Waals surface area (Å²) in [5, 5.41) is 0. The third-order valence-corrected chi connectivity index (χ3v) is 8.06. The van der Waals surface area contributed by atoms with Crippen LogP contribution in [0.25, 0.3) is 0 Å². The number of hydrogen-bond acceptors (Lipinski definition) is 3. The Kier molecular flexibility index (Phi) is 5.94. The van der Waals surface area contributed by atoms with Gasteiger partial charge in [0.15, 0.2) is 0 Å². The van der Waals surface area contributed by atoms with Crippen molar-refractivity contribution in [2.24, 2.45) is 10.8 Å². The number of benzene rings is 1. The van der Waals surface area contributed by atoms with E-state index in [1.54, 1.807) is 19.0 Å². The summed E-state index contributed by atoms with van der Waals surface area (Å²) in [4.78, 5) is 46.7. The van der Waals surface area contributed by atoms with Crippen molar-refractivity contribution in [3.05, 3.63) is 35.4 Å². The molecule has 3 aliphatic rings. The number of rotatable bonds is 3. The predicted octanol–water partition coefficient (Wildman–Crippen LogP) is 2.38. The summed E-state index contributed by atoms with van der Waals surface area (Å²) in [7, 11) is 3.53. The van der Waals surface area contributed by atoms with Crippen LogP contribution < -0.4 is 0 Å². The highest BCUT2D eigenvalue weighted by Gasteiger charge is 2.65. The molecule has 0 saturated carbocycles. The fourth-order valence-corrected chi connectivity index (χ4v) is 6.07. The summed E-state index contributed by atoms with van der Waals surface area (Å²) in [6, 6.07) is 8.09. The summed E-state index contributed by atoms with van der Waals surface area (Å²) < 4.78 is 0. The number of nitrogens with zero attached hydrogens (tertiary/aromatic N) is 4. The molecule has 174 valence electrons. The second-order valence-electron chi connectivity index (χ2n) is 10.1. The molecular weight excluding hydrogens is 404 g/mol. The van der Waals surface area contributed by atoms with E-state index in [2.05, 4.69) is 0 Å². The van der Waals surface area contributed by atoms with Crippen molar-refractivity contribution < 1.29 is 14.4 Å². The molecule has 1 atom stereocenters. The van der Waals surface area contributed by atoms with Crippen molar-refractivity contribution >= 4 is 17.8 Å². The minimum absolute atomic E-state index is 0.0260. The van der Waals surface area contributed by atoms with Gasteiger partial charge >= 0.3 is 6.03 Å². The minimum atomic E-state index is -0.513. The Morgan fingerprint density at radius 3 is 2.19 bits per heavy atom. The van der Waals surface area contributed by atoms with Crippen molar-refractivity contribution in [1.29, 1.82) is 0 Å². The van der Waals surface area contributed by atoms with Gasteiger partial charge in [0.25, 0.3) is 0 Å². The molecule has 3 saturated heterocycles. The van der Waals surface area contributed by atoms with Crippen LogP contribution in [0.2, 0.25) is 0 Å². The topological polar surface area (TPSA) is 64.2 Å². The summed E-state index contributed by atoms with van der Waals surface area (Å²) in [6.45, 7) is 7.93. The number of urea groups is 1. The largest absolute Gasteiger partial charge is 0.342 e. The van der Waals surface area contributed by atoms with E-state index >= 15 is 0 Å². The van der Waals surface area contributed by atoms with Gasteiger partial charge in [-0.3, -0.25) is 9.59 Å². The molecule has 1 aromatic carbocycles. The summed E-state index contributed by atoms with van der Waals surface area (Å²) >= 11 is 0. The van der Waals surface area contributed by atoms with Crippen LogP contribution in [0.15, 0.2) is 24.3 Å². The predicted molar refractivity (Wildman–Crippen MR) is 123 cm³/mol. The maximum Gasteiger partial charge on any atom is 0.319 e. The molecule has 0 radical (unpaired) electrons. The highest BCUT2D eigenvalue weighted by molar-refractivity contribution is 5.88. The molecule has 0 bridgehead atoms. The molecule has 32 heavy (non-hydrogen) atoms. The van der Waals surface area contributed by atoms with Crippen LogP contribution in [0.3, 0.4) is 0 Å². The maximum absolute atomic E-state index is 13.5. The third kappa shape index (κ3) is 3.65. The lowest BCUT2D eigenvalue weighted by molar-refractivity contribution is -0.143. The molecule has 1 aromatic rings. The molecule has 3 aliphatic heterocycles. The summed E-state index contributed by atoms with van der Waals surface area (Å²) in [6.07, 6.45) is 2.75. The molecule has 7 heteroatoms. The van der Waals surface area contributed by atoms with Gasteiger partial charge in [-0.1, -0.05) is 29.8 Å². The van der Waals surface area contributed by atoms with E-state index in [1.807, 2.05) is 52.8 Å². The Bertz CT molecular complexity index is 889. The van der Waals surface area contributed by atoms with Crippen molar-refractivity contribution in [2.75, 3.05) is 53.4 Å². The Labute approximate surface area is 191 Å². The zero-order valence-corrected chi connectivity index (χ0v) is 19.9. The molecule has 0 unspecified atom stereocenters. The molecule has 3 heterocycles. The zero-order chi connectivity index (χ0) is 23.1.